The number of ether oxygens (including phenoxy) is 2. The van der Waals surface area contributed by atoms with Crippen LogP contribution in [0.3, 0.4) is 0 Å². The standard InChI is InChI=1S/C14H13FO2.C12H9FO2/c1-16-12-8-5-9-13(17-2)14(12)10-6-3-4-7-11(10)15;13-9-5-2-1-4-8(9)12-10(14)6-3-7-11(12)15/h3-9H,1-2H3;1-7,14-15H. The molecule has 0 spiro atoms. The summed E-state index contributed by atoms with van der Waals surface area (Å²) < 4.78 is 37.7. The molecule has 0 aliphatic carbocycles. The maximum atomic E-state index is 13.8. The molecule has 4 aromatic rings. The van der Waals surface area contributed by atoms with Crippen LogP contribution in [0.4, 0.5) is 8.78 Å². The summed E-state index contributed by atoms with van der Waals surface area (Å²) in [4.78, 5) is 0. The highest BCUT2D eigenvalue weighted by Crippen LogP contribution is 2.39. The van der Waals surface area contributed by atoms with Crippen molar-refractivity contribution in [1.82, 2.24) is 0 Å². The van der Waals surface area contributed by atoms with E-state index >= 15 is 0 Å². The molecule has 2 N–H and O–H groups in total. The summed E-state index contributed by atoms with van der Waals surface area (Å²) in [7, 11) is 3.11. The summed E-state index contributed by atoms with van der Waals surface area (Å²) in [6.07, 6.45) is 0. The summed E-state index contributed by atoms with van der Waals surface area (Å²) in [6, 6.07) is 22.2. The summed E-state index contributed by atoms with van der Waals surface area (Å²) in [5, 5.41) is 19.1. The molecular weight excluding hydrogens is 414 g/mol. The lowest BCUT2D eigenvalue weighted by molar-refractivity contribution is 0.397. The van der Waals surface area contributed by atoms with E-state index in [4.69, 9.17) is 9.47 Å². The van der Waals surface area contributed by atoms with E-state index in [1.807, 2.05) is 6.07 Å². The molecule has 0 heterocycles. The van der Waals surface area contributed by atoms with Crippen molar-refractivity contribution in [3.05, 3.63) is 96.6 Å². The smallest absolute Gasteiger partial charge is 0.131 e. The molecule has 32 heavy (non-hydrogen) atoms. The van der Waals surface area contributed by atoms with E-state index in [0.29, 0.717) is 22.6 Å². The highest BCUT2D eigenvalue weighted by Gasteiger charge is 2.15. The predicted molar refractivity (Wildman–Crippen MR) is 120 cm³/mol. The minimum absolute atomic E-state index is 0.121. The van der Waals surface area contributed by atoms with Crippen molar-refractivity contribution in [2.75, 3.05) is 14.2 Å². The van der Waals surface area contributed by atoms with E-state index in [0.717, 1.165) is 0 Å². The zero-order valence-corrected chi connectivity index (χ0v) is 17.5. The van der Waals surface area contributed by atoms with Gasteiger partial charge in [-0.25, -0.2) is 8.78 Å². The molecule has 6 heteroatoms. The van der Waals surface area contributed by atoms with Crippen molar-refractivity contribution in [3.8, 4) is 45.3 Å². The number of phenols is 2. The lowest BCUT2D eigenvalue weighted by atomic mass is 10.0. The van der Waals surface area contributed by atoms with Crippen molar-refractivity contribution in [3.63, 3.8) is 0 Å². The molecule has 0 saturated carbocycles. The van der Waals surface area contributed by atoms with Crippen LogP contribution in [0.1, 0.15) is 0 Å². The molecule has 0 fully saturated rings. The van der Waals surface area contributed by atoms with Gasteiger partial charge in [0.1, 0.15) is 34.6 Å². The molecule has 4 nitrogen and oxygen atoms in total. The van der Waals surface area contributed by atoms with Gasteiger partial charge in [0.15, 0.2) is 0 Å². The first-order chi connectivity index (χ1) is 15.5. The Kier molecular flexibility index (Phi) is 7.29. The largest absolute Gasteiger partial charge is 0.507 e. The van der Waals surface area contributed by atoms with Crippen molar-refractivity contribution in [2.45, 2.75) is 0 Å². The summed E-state index contributed by atoms with van der Waals surface area (Å²) in [6.45, 7) is 0. The number of hydrogen-bond donors (Lipinski definition) is 2. The molecular formula is C26H22F2O4. The molecule has 0 bridgehead atoms. The summed E-state index contributed by atoms with van der Waals surface area (Å²) in [5.41, 5.74) is 1.42. The summed E-state index contributed by atoms with van der Waals surface area (Å²) >= 11 is 0. The molecule has 0 radical (unpaired) electrons. The third-order valence-electron chi connectivity index (χ3n) is 4.73. The van der Waals surface area contributed by atoms with E-state index in [2.05, 4.69) is 0 Å². The average Bonchev–Trinajstić information content (AvgIpc) is 2.80. The van der Waals surface area contributed by atoms with E-state index < -0.39 is 5.82 Å². The molecule has 164 valence electrons. The Morgan fingerprint density at radius 3 is 1.38 bits per heavy atom. The minimum Gasteiger partial charge on any atom is -0.507 e. The Hall–Kier alpha value is -4.06. The first-order valence-corrected chi connectivity index (χ1v) is 9.69. The van der Waals surface area contributed by atoms with Gasteiger partial charge in [-0.15, -0.1) is 0 Å². The lowest BCUT2D eigenvalue weighted by Crippen LogP contribution is -1.94. The van der Waals surface area contributed by atoms with Crippen molar-refractivity contribution in [1.29, 1.82) is 0 Å². The van der Waals surface area contributed by atoms with Gasteiger partial charge in [-0.2, -0.15) is 0 Å². The quantitative estimate of drug-likeness (QED) is 0.388. The molecule has 0 atom stereocenters. The van der Waals surface area contributed by atoms with Gasteiger partial charge in [-0.1, -0.05) is 48.5 Å². The number of halogens is 2. The van der Waals surface area contributed by atoms with Crippen molar-refractivity contribution >= 4 is 0 Å². The Morgan fingerprint density at radius 2 is 0.938 bits per heavy atom. The highest BCUT2D eigenvalue weighted by atomic mass is 19.1. The Balaban J connectivity index is 0.000000182. The zero-order chi connectivity index (χ0) is 23.1. The van der Waals surface area contributed by atoms with Crippen LogP contribution in [0.2, 0.25) is 0 Å². The van der Waals surface area contributed by atoms with Crippen LogP contribution in [0, 0.1) is 11.6 Å². The van der Waals surface area contributed by atoms with Gasteiger partial charge in [0.25, 0.3) is 0 Å². The predicted octanol–water partition coefficient (Wildman–Crippen LogP) is 6.41. The van der Waals surface area contributed by atoms with Crippen LogP contribution < -0.4 is 9.47 Å². The third-order valence-corrected chi connectivity index (χ3v) is 4.73. The highest BCUT2D eigenvalue weighted by molar-refractivity contribution is 5.77. The molecule has 0 aliphatic rings. The first-order valence-electron chi connectivity index (χ1n) is 9.69. The van der Waals surface area contributed by atoms with E-state index in [1.54, 1.807) is 56.7 Å². The maximum absolute atomic E-state index is 13.8. The van der Waals surface area contributed by atoms with Gasteiger partial charge in [0, 0.05) is 11.1 Å². The second-order valence-corrected chi connectivity index (χ2v) is 6.67. The fourth-order valence-electron chi connectivity index (χ4n) is 3.25. The number of aromatic hydroxyl groups is 2. The molecule has 0 unspecified atom stereocenters. The van der Waals surface area contributed by atoms with Gasteiger partial charge >= 0.3 is 0 Å². The van der Waals surface area contributed by atoms with Crippen LogP contribution in [-0.4, -0.2) is 24.4 Å². The number of hydrogen-bond acceptors (Lipinski definition) is 4. The van der Waals surface area contributed by atoms with E-state index in [9.17, 15) is 19.0 Å². The van der Waals surface area contributed by atoms with Gasteiger partial charge in [0.2, 0.25) is 0 Å². The molecule has 4 rings (SSSR count). The van der Waals surface area contributed by atoms with E-state index in [-0.39, 0.29) is 28.4 Å². The molecule has 0 amide bonds. The number of methoxy groups -OCH3 is 2. The maximum Gasteiger partial charge on any atom is 0.131 e. The topological polar surface area (TPSA) is 58.9 Å². The molecule has 4 aromatic carbocycles. The van der Waals surface area contributed by atoms with Crippen molar-refractivity contribution in [2.24, 2.45) is 0 Å². The Labute approximate surface area is 184 Å². The zero-order valence-electron chi connectivity index (χ0n) is 17.5. The number of benzene rings is 4. The van der Waals surface area contributed by atoms with Crippen molar-refractivity contribution < 1.29 is 28.5 Å². The van der Waals surface area contributed by atoms with Crippen LogP contribution in [-0.2, 0) is 0 Å². The van der Waals surface area contributed by atoms with Gasteiger partial charge < -0.3 is 19.7 Å². The third kappa shape index (κ3) is 4.81. The number of rotatable bonds is 4. The Bertz CT molecular complexity index is 1170. The molecule has 0 aliphatic heterocycles. The fourth-order valence-corrected chi connectivity index (χ4v) is 3.25. The number of phenolic OH excluding ortho intramolecular Hbond substituents is 2. The molecule has 0 saturated heterocycles. The summed E-state index contributed by atoms with van der Waals surface area (Å²) in [5.74, 6) is 0.133. The van der Waals surface area contributed by atoms with Gasteiger partial charge in [-0.3, -0.25) is 0 Å². The van der Waals surface area contributed by atoms with E-state index in [1.165, 1.54) is 36.4 Å². The van der Waals surface area contributed by atoms with Crippen LogP contribution in [0.25, 0.3) is 22.3 Å². The van der Waals surface area contributed by atoms with Crippen LogP contribution >= 0.6 is 0 Å². The molecule has 0 aromatic heterocycles. The van der Waals surface area contributed by atoms with Crippen LogP contribution in [0.15, 0.2) is 84.9 Å². The minimum atomic E-state index is -0.477. The second kappa shape index (κ2) is 10.3. The average molecular weight is 436 g/mol. The Morgan fingerprint density at radius 1 is 0.531 bits per heavy atom. The SMILES string of the molecule is COc1cccc(OC)c1-c1ccccc1F.Oc1cccc(O)c1-c1ccccc1F. The monoisotopic (exact) mass is 436 g/mol. The first kappa shape index (κ1) is 22.6. The second-order valence-electron chi connectivity index (χ2n) is 6.67. The van der Waals surface area contributed by atoms with Crippen LogP contribution in [0.5, 0.6) is 23.0 Å². The fraction of sp³-hybridized carbons (Fsp3) is 0.0769. The lowest BCUT2D eigenvalue weighted by Gasteiger charge is -2.13. The van der Waals surface area contributed by atoms with Gasteiger partial charge in [-0.05, 0) is 36.4 Å². The van der Waals surface area contributed by atoms with Gasteiger partial charge in [0.05, 0.1) is 25.3 Å². The normalized spacial score (nSPS) is 10.1.